The van der Waals surface area contributed by atoms with Crippen molar-refractivity contribution < 1.29 is 28.5 Å². The molecule has 0 atom stereocenters. The maximum Gasteiger partial charge on any atom is 0.150 e. The molecule has 0 aliphatic rings. The molecule has 0 bridgehead atoms. The van der Waals surface area contributed by atoms with Gasteiger partial charge in [0, 0.05) is 37.6 Å². The van der Waals surface area contributed by atoms with E-state index in [1.54, 1.807) is 24.3 Å². The molecule has 0 radical (unpaired) electrons. The van der Waals surface area contributed by atoms with Gasteiger partial charge in [0.2, 0.25) is 0 Å². The maximum absolute atomic E-state index is 10.6. The van der Waals surface area contributed by atoms with Gasteiger partial charge < -0.3 is 18.9 Å². The molecule has 174 valence electrons. The molecule has 0 saturated carbocycles. The van der Waals surface area contributed by atoms with Crippen molar-refractivity contribution in [3.63, 3.8) is 0 Å². The van der Waals surface area contributed by atoms with Crippen molar-refractivity contribution in [2.75, 3.05) is 39.6 Å². The zero-order valence-electron chi connectivity index (χ0n) is 18.7. The lowest BCUT2D eigenvalue weighted by Gasteiger charge is -2.08. The van der Waals surface area contributed by atoms with Gasteiger partial charge in [0.25, 0.3) is 0 Å². The Morgan fingerprint density at radius 2 is 0.781 bits per heavy atom. The number of carbonyl (C=O) groups is 2. The standard InChI is InChI=1S/C26H34O6/c27-21-23-7-11-25(12-8-23)31-19-5-3-17-29-15-1-2-16-30-18-4-6-20-32-26-13-9-24(22-28)10-14-26/h7-14,21-22H,1-6,15-20H2. The lowest BCUT2D eigenvalue weighted by molar-refractivity contribution is 0.0968. The predicted molar refractivity (Wildman–Crippen MR) is 124 cm³/mol. The Balaban J connectivity index is 1.29. The first kappa shape index (κ1) is 25.6. The van der Waals surface area contributed by atoms with Crippen molar-refractivity contribution in [3.05, 3.63) is 59.7 Å². The molecule has 0 saturated heterocycles. The summed E-state index contributed by atoms with van der Waals surface area (Å²) < 4.78 is 22.6. The second kappa shape index (κ2) is 16.9. The van der Waals surface area contributed by atoms with Gasteiger partial charge in [-0.3, -0.25) is 9.59 Å². The first-order valence-corrected chi connectivity index (χ1v) is 11.3. The number of aldehydes is 2. The predicted octanol–water partition coefficient (Wildman–Crippen LogP) is 5.14. The van der Waals surface area contributed by atoms with Crippen LogP contribution in [-0.2, 0) is 9.47 Å². The Bertz CT molecular complexity index is 676. The minimum absolute atomic E-state index is 0.648. The maximum atomic E-state index is 10.6. The van der Waals surface area contributed by atoms with E-state index in [2.05, 4.69) is 0 Å². The van der Waals surface area contributed by atoms with Gasteiger partial charge in [-0.1, -0.05) is 0 Å². The van der Waals surface area contributed by atoms with Gasteiger partial charge in [0.1, 0.15) is 24.1 Å². The largest absolute Gasteiger partial charge is 0.494 e. The highest BCUT2D eigenvalue weighted by molar-refractivity contribution is 5.75. The molecular formula is C26H34O6. The molecule has 0 fully saturated rings. The highest BCUT2D eigenvalue weighted by Gasteiger charge is 1.97. The molecule has 0 heterocycles. The molecule has 0 spiro atoms. The molecule has 0 amide bonds. The van der Waals surface area contributed by atoms with Gasteiger partial charge in [-0.15, -0.1) is 0 Å². The number of hydrogen-bond donors (Lipinski definition) is 0. The van der Waals surface area contributed by atoms with E-state index in [4.69, 9.17) is 18.9 Å². The smallest absolute Gasteiger partial charge is 0.150 e. The summed E-state index contributed by atoms with van der Waals surface area (Å²) in [5.74, 6) is 1.57. The van der Waals surface area contributed by atoms with Crippen LogP contribution < -0.4 is 9.47 Å². The Morgan fingerprint density at radius 3 is 1.09 bits per heavy atom. The normalized spacial score (nSPS) is 10.6. The molecule has 2 rings (SSSR count). The molecule has 0 unspecified atom stereocenters. The molecule has 32 heavy (non-hydrogen) atoms. The number of ether oxygens (including phenoxy) is 4. The van der Waals surface area contributed by atoms with Crippen molar-refractivity contribution in [3.8, 4) is 11.5 Å². The van der Waals surface area contributed by atoms with Crippen LogP contribution in [0.25, 0.3) is 0 Å². The monoisotopic (exact) mass is 442 g/mol. The average molecular weight is 443 g/mol. The topological polar surface area (TPSA) is 71.1 Å². The summed E-state index contributed by atoms with van der Waals surface area (Å²) in [6, 6.07) is 14.3. The van der Waals surface area contributed by atoms with E-state index in [1.165, 1.54) is 0 Å². The fraction of sp³-hybridized carbons (Fsp3) is 0.462. The van der Waals surface area contributed by atoms with Crippen molar-refractivity contribution in [1.82, 2.24) is 0 Å². The fourth-order valence-corrected chi connectivity index (χ4v) is 2.89. The summed E-state index contributed by atoms with van der Waals surface area (Å²) in [5.41, 5.74) is 1.31. The number of unbranched alkanes of at least 4 members (excludes halogenated alkanes) is 3. The zero-order valence-corrected chi connectivity index (χ0v) is 18.7. The lowest BCUT2D eigenvalue weighted by Crippen LogP contribution is -2.04. The van der Waals surface area contributed by atoms with Crippen LogP contribution in [0.15, 0.2) is 48.5 Å². The van der Waals surface area contributed by atoms with Crippen LogP contribution in [-0.4, -0.2) is 52.2 Å². The van der Waals surface area contributed by atoms with E-state index in [9.17, 15) is 9.59 Å². The lowest BCUT2D eigenvalue weighted by atomic mass is 10.2. The van der Waals surface area contributed by atoms with Crippen LogP contribution in [0.5, 0.6) is 11.5 Å². The molecule has 0 aliphatic heterocycles. The Morgan fingerprint density at radius 1 is 0.469 bits per heavy atom. The Labute approximate surface area is 190 Å². The van der Waals surface area contributed by atoms with Crippen molar-refractivity contribution in [1.29, 1.82) is 0 Å². The van der Waals surface area contributed by atoms with E-state index in [1.807, 2.05) is 24.3 Å². The van der Waals surface area contributed by atoms with E-state index in [0.29, 0.717) is 24.3 Å². The number of hydrogen-bond acceptors (Lipinski definition) is 6. The number of carbonyl (C=O) groups excluding carboxylic acids is 2. The number of rotatable bonds is 19. The molecule has 6 nitrogen and oxygen atoms in total. The summed E-state index contributed by atoms with van der Waals surface area (Å²) in [6.45, 7) is 4.30. The summed E-state index contributed by atoms with van der Waals surface area (Å²) in [4.78, 5) is 21.2. The summed E-state index contributed by atoms with van der Waals surface area (Å²) in [6.07, 6.45) is 7.45. The van der Waals surface area contributed by atoms with Crippen LogP contribution in [0.3, 0.4) is 0 Å². The fourth-order valence-electron chi connectivity index (χ4n) is 2.89. The molecule has 0 aromatic heterocycles. The third-order valence-electron chi connectivity index (χ3n) is 4.76. The van der Waals surface area contributed by atoms with E-state index >= 15 is 0 Å². The SMILES string of the molecule is O=Cc1ccc(OCCCCOCCCCOCCCCOc2ccc(C=O)cc2)cc1. The summed E-state index contributed by atoms with van der Waals surface area (Å²) in [5, 5.41) is 0. The third-order valence-corrected chi connectivity index (χ3v) is 4.76. The molecule has 0 N–H and O–H groups in total. The van der Waals surface area contributed by atoms with E-state index in [0.717, 1.165) is 89.0 Å². The highest BCUT2D eigenvalue weighted by atomic mass is 16.5. The van der Waals surface area contributed by atoms with Gasteiger partial charge in [-0.25, -0.2) is 0 Å². The Kier molecular flexibility index (Phi) is 13.5. The minimum Gasteiger partial charge on any atom is -0.494 e. The second-order valence-corrected chi connectivity index (χ2v) is 7.42. The quantitative estimate of drug-likeness (QED) is 0.222. The van der Waals surface area contributed by atoms with Gasteiger partial charge in [0.15, 0.2) is 0 Å². The average Bonchev–Trinajstić information content (AvgIpc) is 2.84. The minimum atomic E-state index is 0.648. The van der Waals surface area contributed by atoms with Gasteiger partial charge in [-0.05, 0) is 87.1 Å². The first-order valence-electron chi connectivity index (χ1n) is 11.3. The Hall–Kier alpha value is -2.70. The summed E-state index contributed by atoms with van der Waals surface area (Å²) in [7, 11) is 0. The van der Waals surface area contributed by atoms with Gasteiger partial charge in [-0.2, -0.15) is 0 Å². The highest BCUT2D eigenvalue weighted by Crippen LogP contribution is 2.12. The van der Waals surface area contributed by atoms with Crippen LogP contribution in [0.4, 0.5) is 0 Å². The van der Waals surface area contributed by atoms with Gasteiger partial charge in [0.05, 0.1) is 13.2 Å². The zero-order chi connectivity index (χ0) is 22.7. The molecule has 2 aromatic rings. The van der Waals surface area contributed by atoms with Crippen LogP contribution >= 0.6 is 0 Å². The van der Waals surface area contributed by atoms with Crippen molar-refractivity contribution in [2.45, 2.75) is 38.5 Å². The van der Waals surface area contributed by atoms with Crippen LogP contribution in [0.2, 0.25) is 0 Å². The second-order valence-electron chi connectivity index (χ2n) is 7.42. The number of benzene rings is 2. The van der Waals surface area contributed by atoms with Crippen molar-refractivity contribution in [2.24, 2.45) is 0 Å². The molecule has 0 aliphatic carbocycles. The van der Waals surface area contributed by atoms with E-state index < -0.39 is 0 Å². The molecular weight excluding hydrogens is 408 g/mol. The third kappa shape index (κ3) is 11.6. The molecule has 6 heteroatoms. The van der Waals surface area contributed by atoms with E-state index in [-0.39, 0.29) is 0 Å². The van der Waals surface area contributed by atoms with Crippen LogP contribution in [0, 0.1) is 0 Å². The molecule has 2 aromatic carbocycles. The van der Waals surface area contributed by atoms with Crippen LogP contribution in [0.1, 0.15) is 59.2 Å². The van der Waals surface area contributed by atoms with Crippen molar-refractivity contribution >= 4 is 12.6 Å². The summed E-state index contributed by atoms with van der Waals surface area (Å²) >= 11 is 0. The van der Waals surface area contributed by atoms with Gasteiger partial charge >= 0.3 is 0 Å². The first-order chi connectivity index (χ1) is 15.8.